The molecule has 24 heavy (non-hydrogen) atoms. The summed E-state index contributed by atoms with van der Waals surface area (Å²) >= 11 is 0. The van der Waals surface area contributed by atoms with Gasteiger partial charge < -0.3 is 0 Å². The van der Waals surface area contributed by atoms with E-state index in [0.717, 1.165) is 23.8 Å². The number of hydrogen-bond donors (Lipinski definition) is 0. The first-order chi connectivity index (χ1) is 11.5. The summed E-state index contributed by atoms with van der Waals surface area (Å²) in [4.78, 5) is 28.8. The van der Waals surface area contributed by atoms with Crippen LogP contribution < -0.4 is 10.6 Å². The molecule has 1 saturated heterocycles. The topological polar surface area (TPSA) is 81.2 Å². The second-order valence-electron chi connectivity index (χ2n) is 6.51. The molecule has 4 heterocycles. The second-order valence-corrected chi connectivity index (χ2v) is 6.51. The Labute approximate surface area is 139 Å². The molecule has 4 rings (SSSR count). The van der Waals surface area contributed by atoms with Crippen LogP contribution in [0.15, 0.2) is 10.9 Å². The van der Waals surface area contributed by atoms with Gasteiger partial charge in [-0.1, -0.05) is 0 Å². The molecule has 0 spiro atoms. The van der Waals surface area contributed by atoms with Crippen molar-refractivity contribution in [2.24, 2.45) is 14.1 Å². The lowest BCUT2D eigenvalue weighted by Gasteiger charge is -2.30. The molecule has 128 valence electrons. The Morgan fingerprint density at radius 2 is 1.88 bits per heavy atom. The zero-order chi connectivity index (χ0) is 17.0. The number of aryl methyl sites for hydroxylation is 3. The molecule has 0 N–H and O–H groups in total. The number of aromatic nitrogens is 5. The molecule has 1 fully saturated rings. The van der Waals surface area contributed by atoms with Crippen molar-refractivity contribution in [2.75, 3.05) is 18.0 Å². The van der Waals surface area contributed by atoms with Crippen molar-refractivity contribution < 1.29 is 4.79 Å². The molecule has 2 aromatic heterocycles. The molecular formula is C15H21N7O2. The van der Waals surface area contributed by atoms with Crippen LogP contribution in [0.1, 0.15) is 17.9 Å². The summed E-state index contributed by atoms with van der Waals surface area (Å²) in [7, 11) is 3.52. The third-order valence-electron chi connectivity index (χ3n) is 4.91. The molecule has 9 heteroatoms. The maximum atomic E-state index is 12.9. The van der Waals surface area contributed by atoms with E-state index in [1.54, 1.807) is 16.3 Å². The molecule has 0 saturated carbocycles. The van der Waals surface area contributed by atoms with Crippen LogP contribution in [0.3, 0.4) is 0 Å². The summed E-state index contributed by atoms with van der Waals surface area (Å²) in [6.07, 6.45) is 0.778. The first kappa shape index (κ1) is 15.1. The lowest BCUT2D eigenvalue weighted by Crippen LogP contribution is -2.47. The van der Waals surface area contributed by atoms with Crippen molar-refractivity contribution in [1.29, 1.82) is 0 Å². The fourth-order valence-corrected chi connectivity index (χ4v) is 3.73. The zero-order valence-corrected chi connectivity index (χ0v) is 14.1. The van der Waals surface area contributed by atoms with Crippen LogP contribution in [-0.2, 0) is 32.0 Å². The van der Waals surface area contributed by atoms with Gasteiger partial charge in [0, 0.05) is 39.8 Å². The van der Waals surface area contributed by atoms with E-state index in [2.05, 4.69) is 15.1 Å². The van der Waals surface area contributed by atoms with E-state index >= 15 is 0 Å². The van der Waals surface area contributed by atoms with Gasteiger partial charge in [-0.15, -0.1) is 0 Å². The first-order valence-electron chi connectivity index (χ1n) is 8.14. The minimum atomic E-state index is -0.161. The van der Waals surface area contributed by atoms with Gasteiger partial charge in [0.25, 0.3) is 0 Å². The van der Waals surface area contributed by atoms with Gasteiger partial charge in [0.05, 0.1) is 18.3 Å². The second kappa shape index (κ2) is 5.30. The van der Waals surface area contributed by atoms with Crippen molar-refractivity contribution >= 4 is 11.7 Å². The van der Waals surface area contributed by atoms with Crippen LogP contribution in [0.5, 0.6) is 0 Å². The van der Waals surface area contributed by atoms with Crippen molar-refractivity contribution in [3.8, 4) is 0 Å². The van der Waals surface area contributed by atoms with Gasteiger partial charge in [-0.2, -0.15) is 10.2 Å². The fraction of sp³-hybridized carbons (Fsp3) is 0.600. The van der Waals surface area contributed by atoms with Crippen molar-refractivity contribution in [1.82, 2.24) is 29.0 Å². The van der Waals surface area contributed by atoms with Crippen molar-refractivity contribution in [2.45, 2.75) is 32.5 Å². The highest BCUT2D eigenvalue weighted by atomic mass is 16.2. The Kier molecular flexibility index (Phi) is 3.34. The van der Waals surface area contributed by atoms with E-state index < -0.39 is 0 Å². The molecule has 0 bridgehead atoms. The Morgan fingerprint density at radius 3 is 2.58 bits per heavy atom. The summed E-state index contributed by atoms with van der Waals surface area (Å²) in [5, 5.41) is 8.61. The predicted octanol–water partition coefficient (Wildman–Crippen LogP) is -0.755. The van der Waals surface area contributed by atoms with Crippen LogP contribution in [0, 0.1) is 6.92 Å². The Morgan fingerprint density at radius 1 is 1.08 bits per heavy atom. The largest absolute Gasteiger partial charge is 0.345 e. The average Bonchev–Trinajstić information content (AvgIpc) is 3.16. The normalized spacial score (nSPS) is 21.5. The minimum Gasteiger partial charge on any atom is -0.296 e. The molecule has 0 radical (unpaired) electrons. The van der Waals surface area contributed by atoms with E-state index in [9.17, 15) is 9.59 Å². The van der Waals surface area contributed by atoms with Crippen LogP contribution in [-0.4, -0.2) is 54.1 Å². The van der Waals surface area contributed by atoms with Gasteiger partial charge in [-0.25, -0.2) is 9.48 Å². The lowest BCUT2D eigenvalue weighted by molar-refractivity contribution is -0.122. The van der Waals surface area contributed by atoms with Gasteiger partial charge in [0.15, 0.2) is 0 Å². The lowest BCUT2D eigenvalue weighted by atomic mass is 10.2. The highest BCUT2D eigenvalue weighted by molar-refractivity contribution is 5.98. The third kappa shape index (κ3) is 2.19. The van der Waals surface area contributed by atoms with Crippen molar-refractivity contribution in [3.63, 3.8) is 0 Å². The summed E-state index contributed by atoms with van der Waals surface area (Å²) in [6.45, 7) is 4.41. The minimum absolute atomic E-state index is 0.0885. The number of nitrogens with zero attached hydrogens (tertiary/aromatic N) is 7. The van der Waals surface area contributed by atoms with E-state index in [4.69, 9.17) is 0 Å². The molecular weight excluding hydrogens is 310 g/mol. The summed E-state index contributed by atoms with van der Waals surface area (Å²) in [6, 6.07) is 1.78. The maximum Gasteiger partial charge on any atom is 0.345 e. The maximum absolute atomic E-state index is 12.9. The molecule has 0 aromatic carbocycles. The molecule has 1 amide bonds. The monoisotopic (exact) mass is 331 g/mol. The molecule has 2 aliphatic heterocycles. The van der Waals surface area contributed by atoms with E-state index in [1.807, 2.05) is 24.9 Å². The SMILES string of the molecule is Cc1cc(N2CCC(N3CCn4c(nn(C)c4=O)C3)C2=O)n(C)n1. The molecule has 1 atom stereocenters. The number of rotatable bonds is 2. The third-order valence-corrected chi connectivity index (χ3v) is 4.91. The van der Waals surface area contributed by atoms with Gasteiger partial charge in [0.2, 0.25) is 5.91 Å². The summed E-state index contributed by atoms with van der Waals surface area (Å²) in [5.74, 6) is 1.67. The number of carbonyl (C=O) groups excluding carboxylic acids is 1. The fourth-order valence-electron chi connectivity index (χ4n) is 3.73. The standard InChI is InChI=1S/C15H21N7O2/c1-10-8-13(18(2)16-10)22-5-4-11(14(22)23)20-6-7-21-12(9-20)17-19(3)15(21)24/h8,11H,4-7,9H2,1-3H3. The van der Waals surface area contributed by atoms with Crippen LogP contribution in [0.25, 0.3) is 0 Å². The number of fused-ring (bicyclic) bond motifs is 1. The first-order valence-corrected chi connectivity index (χ1v) is 8.14. The predicted molar refractivity (Wildman–Crippen MR) is 86.6 cm³/mol. The Balaban J connectivity index is 1.55. The molecule has 2 aromatic rings. The highest BCUT2D eigenvalue weighted by Gasteiger charge is 2.39. The number of amides is 1. The number of carbonyl (C=O) groups is 1. The quantitative estimate of drug-likeness (QED) is 0.723. The van der Waals surface area contributed by atoms with Gasteiger partial charge in [-0.05, 0) is 13.3 Å². The van der Waals surface area contributed by atoms with Crippen LogP contribution in [0.4, 0.5) is 5.82 Å². The molecule has 9 nitrogen and oxygen atoms in total. The molecule has 0 aliphatic carbocycles. The molecule has 1 unspecified atom stereocenters. The average molecular weight is 331 g/mol. The number of anilines is 1. The summed E-state index contributed by atoms with van der Waals surface area (Å²) in [5.41, 5.74) is 0.814. The van der Waals surface area contributed by atoms with Gasteiger partial charge in [0.1, 0.15) is 11.6 Å². The van der Waals surface area contributed by atoms with Gasteiger partial charge >= 0.3 is 5.69 Å². The van der Waals surface area contributed by atoms with Crippen molar-refractivity contribution in [3.05, 3.63) is 28.1 Å². The van der Waals surface area contributed by atoms with Crippen LogP contribution in [0.2, 0.25) is 0 Å². The van der Waals surface area contributed by atoms with Crippen LogP contribution >= 0.6 is 0 Å². The van der Waals surface area contributed by atoms with E-state index in [1.165, 1.54) is 4.68 Å². The highest BCUT2D eigenvalue weighted by Crippen LogP contribution is 2.26. The van der Waals surface area contributed by atoms with Gasteiger partial charge in [-0.3, -0.25) is 23.8 Å². The van der Waals surface area contributed by atoms with E-state index in [-0.39, 0.29) is 17.6 Å². The zero-order valence-electron chi connectivity index (χ0n) is 14.1. The Hall–Kier alpha value is -2.42. The van der Waals surface area contributed by atoms with E-state index in [0.29, 0.717) is 26.2 Å². The number of hydrogen-bond acceptors (Lipinski definition) is 5. The summed E-state index contributed by atoms with van der Waals surface area (Å²) < 4.78 is 4.81. The Bertz CT molecular complexity index is 862. The molecule has 2 aliphatic rings. The smallest absolute Gasteiger partial charge is 0.296 e.